The molecule has 0 saturated heterocycles. The SMILES string of the molecule is CCNCCCCS(=O)(=O)N1CCOc2ccccc2C1. The molecule has 1 aromatic carbocycles. The summed E-state index contributed by atoms with van der Waals surface area (Å²) >= 11 is 0. The fourth-order valence-corrected chi connectivity index (χ4v) is 3.90. The molecule has 1 aliphatic rings. The second-order valence-electron chi connectivity index (χ2n) is 5.17. The van der Waals surface area contributed by atoms with Gasteiger partial charge in [-0.1, -0.05) is 25.1 Å². The molecule has 0 spiro atoms. The van der Waals surface area contributed by atoms with Crippen LogP contribution >= 0.6 is 0 Å². The first-order valence-corrected chi connectivity index (χ1v) is 9.13. The van der Waals surface area contributed by atoms with Crippen molar-refractivity contribution in [2.75, 3.05) is 32.0 Å². The smallest absolute Gasteiger partial charge is 0.214 e. The highest BCUT2D eigenvalue weighted by Gasteiger charge is 2.25. The van der Waals surface area contributed by atoms with Crippen molar-refractivity contribution in [3.63, 3.8) is 0 Å². The molecule has 6 heteroatoms. The van der Waals surface area contributed by atoms with Gasteiger partial charge in [0.2, 0.25) is 10.0 Å². The summed E-state index contributed by atoms with van der Waals surface area (Å²) in [5, 5.41) is 3.21. The molecule has 2 rings (SSSR count). The summed E-state index contributed by atoms with van der Waals surface area (Å²) in [4.78, 5) is 0. The van der Waals surface area contributed by atoms with Crippen molar-refractivity contribution in [1.29, 1.82) is 0 Å². The van der Waals surface area contributed by atoms with Crippen LogP contribution in [0.1, 0.15) is 25.3 Å². The first kappa shape index (κ1) is 16.3. The summed E-state index contributed by atoms with van der Waals surface area (Å²) in [5.41, 5.74) is 0.936. The highest BCUT2D eigenvalue weighted by Crippen LogP contribution is 2.24. The van der Waals surface area contributed by atoms with E-state index in [4.69, 9.17) is 4.74 Å². The summed E-state index contributed by atoms with van der Waals surface area (Å²) < 4.78 is 32.0. The van der Waals surface area contributed by atoms with Crippen molar-refractivity contribution in [1.82, 2.24) is 9.62 Å². The lowest BCUT2D eigenvalue weighted by Crippen LogP contribution is -2.34. The number of hydrogen-bond acceptors (Lipinski definition) is 4. The van der Waals surface area contributed by atoms with Crippen LogP contribution in [0.2, 0.25) is 0 Å². The van der Waals surface area contributed by atoms with Gasteiger partial charge in [0.05, 0.1) is 5.75 Å². The van der Waals surface area contributed by atoms with Gasteiger partial charge in [-0.05, 0) is 32.0 Å². The molecule has 1 aliphatic heterocycles. The molecule has 0 aliphatic carbocycles. The van der Waals surface area contributed by atoms with E-state index in [1.807, 2.05) is 31.2 Å². The molecule has 1 N–H and O–H groups in total. The van der Waals surface area contributed by atoms with Gasteiger partial charge in [0.25, 0.3) is 0 Å². The molecule has 118 valence electrons. The first-order chi connectivity index (χ1) is 10.1. The lowest BCUT2D eigenvalue weighted by molar-refractivity contribution is 0.293. The van der Waals surface area contributed by atoms with Crippen molar-refractivity contribution >= 4 is 10.0 Å². The molecule has 21 heavy (non-hydrogen) atoms. The second kappa shape index (κ2) is 7.77. The van der Waals surface area contributed by atoms with Crippen LogP contribution in [0, 0.1) is 0 Å². The Bertz CT molecular complexity index is 546. The third-order valence-electron chi connectivity index (χ3n) is 3.57. The Labute approximate surface area is 127 Å². The van der Waals surface area contributed by atoms with Crippen LogP contribution < -0.4 is 10.1 Å². The second-order valence-corrected chi connectivity index (χ2v) is 7.25. The van der Waals surface area contributed by atoms with E-state index >= 15 is 0 Å². The fourth-order valence-electron chi connectivity index (χ4n) is 2.38. The maximum atomic E-state index is 12.4. The maximum Gasteiger partial charge on any atom is 0.214 e. The molecule has 0 saturated carbocycles. The quantitative estimate of drug-likeness (QED) is 0.777. The predicted octanol–water partition coefficient (Wildman–Crippen LogP) is 1.60. The van der Waals surface area contributed by atoms with Crippen molar-refractivity contribution < 1.29 is 13.2 Å². The average Bonchev–Trinajstić information content (AvgIpc) is 2.69. The predicted molar refractivity (Wildman–Crippen MR) is 83.9 cm³/mol. The van der Waals surface area contributed by atoms with E-state index in [0.717, 1.165) is 30.8 Å². The minimum atomic E-state index is -3.21. The van der Waals surface area contributed by atoms with Gasteiger partial charge in [0, 0.05) is 18.7 Å². The van der Waals surface area contributed by atoms with Crippen molar-refractivity contribution in [3.8, 4) is 5.75 Å². The molecule has 0 amide bonds. The molecule has 5 nitrogen and oxygen atoms in total. The summed E-state index contributed by atoms with van der Waals surface area (Å²) in [7, 11) is -3.21. The molecule has 0 unspecified atom stereocenters. The van der Waals surface area contributed by atoms with E-state index in [1.165, 1.54) is 0 Å². The summed E-state index contributed by atoms with van der Waals surface area (Å²) in [6.45, 7) is 5.08. The number of unbranched alkanes of at least 4 members (excludes halogenated alkanes) is 1. The standard InChI is InChI=1S/C15H24N2O3S/c1-2-16-9-5-6-12-21(18,19)17-10-11-20-15-8-4-3-7-14(15)13-17/h3-4,7-8,16H,2,5-6,9-13H2,1H3. The highest BCUT2D eigenvalue weighted by atomic mass is 32.2. The monoisotopic (exact) mass is 312 g/mol. The van der Waals surface area contributed by atoms with Gasteiger partial charge in [-0.25, -0.2) is 8.42 Å². The van der Waals surface area contributed by atoms with Crippen molar-refractivity contribution in [2.24, 2.45) is 0 Å². The fraction of sp³-hybridized carbons (Fsp3) is 0.600. The number of sulfonamides is 1. The molecular formula is C15H24N2O3S. The van der Waals surface area contributed by atoms with Gasteiger partial charge in [0.15, 0.2) is 0 Å². The van der Waals surface area contributed by atoms with Gasteiger partial charge in [0.1, 0.15) is 12.4 Å². The van der Waals surface area contributed by atoms with Gasteiger partial charge in [-0.3, -0.25) is 0 Å². The highest BCUT2D eigenvalue weighted by molar-refractivity contribution is 7.89. The Morgan fingerprint density at radius 3 is 2.90 bits per heavy atom. The Hall–Kier alpha value is -1.11. The minimum Gasteiger partial charge on any atom is -0.492 e. The molecule has 0 fully saturated rings. The molecule has 1 heterocycles. The number of para-hydroxylation sites is 1. The van der Waals surface area contributed by atoms with Crippen LogP contribution in [0.3, 0.4) is 0 Å². The third kappa shape index (κ3) is 4.69. The molecule has 0 aromatic heterocycles. The lowest BCUT2D eigenvalue weighted by Gasteiger charge is -2.19. The molecule has 0 atom stereocenters. The normalized spacial score (nSPS) is 16.0. The molecule has 0 bridgehead atoms. The number of fused-ring (bicyclic) bond motifs is 1. The van der Waals surface area contributed by atoms with Crippen LogP contribution in [0.4, 0.5) is 0 Å². The van der Waals surface area contributed by atoms with E-state index in [9.17, 15) is 8.42 Å². The van der Waals surface area contributed by atoms with Crippen LogP contribution in [0.25, 0.3) is 0 Å². The van der Waals surface area contributed by atoms with Gasteiger partial charge in [-0.15, -0.1) is 0 Å². The molecule has 0 radical (unpaired) electrons. The van der Waals surface area contributed by atoms with Crippen LogP contribution in [0.15, 0.2) is 24.3 Å². The van der Waals surface area contributed by atoms with E-state index in [0.29, 0.717) is 26.1 Å². The third-order valence-corrected chi connectivity index (χ3v) is 5.47. The lowest BCUT2D eigenvalue weighted by atomic mass is 10.2. The average molecular weight is 312 g/mol. The number of nitrogens with one attached hydrogen (secondary N) is 1. The van der Waals surface area contributed by atoms with E-state index < -0.39 is 10.0 Å². The molecule has 1 aromatic rings. The van der Waals surface area contributed by atoms with E-state index in [2.05, 4.69) is 5.32 Å². The largest absolute Gasteiger partial charge is 0.492 e. The zero-order chi connectivity index (χ0) is 15.1. The number of rotatable bonds is 7. The Morgan fingerprint density at radius 2 is 2.10 bits per heavy atom. The van der Waals surface area contributed by atoms with Gasteiger partial charge in [-0.2, -0.15) is 4.31 Å². The Balaban J connectivity index is 1.94. The summed E-state index contributed by atoms with van der Waals surface area (Å²) in [6.07, 6.45) is 1.57. The number of ether oxygens (including phenoxy) is 1. The van der Waals surface area contributed by atoms with E-state index in [1.54, 1.807) is 4.31 Å². The molecular weight excluding hydrogens is 288 g/mol. The zero-order valence-electron chi connectivity index (χ0n) is 12.5. The zero-order valence-corrected chi connectivity index (χ0v) is 13.4. The summed E-state index contributed by atoms with van der Waals surface area (Å²) in [5.74, 6) is 1.00. The first-order valence-electron chi connectivity index (χ1n) is 7.52. The van der Waals surface area contributed by atoms with E-state index in [-0.39, 0.29) is 5.75 Å². The van der Waals surface area contributed by atoms with Gasteiger partial charge < -0.3 is 10.1 Å². The number of nitrogens with zero attached hydrogens (tertiary/aromatic N) is 1. The Morgan fingerprint density at radius 1 is 1.29 bits per heavy atom. The number of hydrogen-bond donors (Lipinski definition) is 1. The summed E-state index contributed by atoms with van der Waals surface area (Å²) in [6, 6.07) is 7.63. The van der Waals surface area contributed by atoms with Crippen molar-refractivity contribution in [3.05, 3.63) is 29.8 Å². The van der Waals surface area contributed by atoms with Crippen molar-refractivity contribution in [2.45, 2.75) is 26.3 Å². The topological polar surface area (TPSA) is 58.6 Å². The van der Waals surface area contributed by atoms with Crippen LogP contribution in [-0.4, -0.2) is 44.7 Å². The van der Waals surface area contributed by atoms with Crippen LogP contribution in [0.5, 0.6) is 5.75 Å². The number of benzene rings is 1. The maximum absolute atomic E-state index is 12.4. The minimum absolute atomic E-state index is 0.209. The van der Waals surface area contributed by atoms with Gasteiger partial charge >= 0.3 is 0 Å². The Kier molecular flexibility index (Phi) is 6.02. The van der Waals surface area contributed by atoms with Crippen LogP contribution in [-0.2, 0) is 16.6 Å².